The Morgan fingerprint density at radius 1 is 1.39 bits per heavy atom. The molecule has 1 atom stereocenters. The van der Waals surface area contributed by atoms with Crippen LogP contribution in [0.15, 0.2) is 30.5 Å². The number of aliphatic hydroxyl groups excluding tert-OH is 1. The number of carbonyl (C=O) groups is 1. The molecule has 3 rings (SSSR count). The second-order valence-corrected chi connectivity index (χ2v) is 5.97. The quantitative estimate of drug-likeness (QED) is 0.944. The zero-order valence-corrected chi connectivity index (χ0v) is 13.1. The van der Waals surface area contributed by atoms with Crippen molar-refractivity contribution in [1.82, 2.24) is 14.7 Å². The Morgan fingerprint density at radius 2 is 2.13 bits per heavy atom. The summed E-state index contributed by atoms with van der Waals surface area (Å²) in [6.45, 7) is 3.22. The van der Waals surface area contributed by atoms with Gasteiger partial charge in [0.2, 0.25) is 0 Å². The second kappa shape index (κ2) is 6.50. The molecule has 1 aromatic heterocycles. The lowest BCUT2D eigenvalue weighted by Gasteiger charge is -2.31. The maximum absolute atomic E-state index is 13.0. The van der Waals surface area contributed by atoms with E-state index in [0.717, 1.165) is 24.2 Å². The first-order valence-corrected chi connectivity index (χ1v) is 7.81. The van der Waals surface area contributed by atoms with Crippen LogP contribution in [0.4, 0.5) is 4.39 Å². The number of benzene rings is 1. The minimum absolute atomic E-state index is 0.0611. The molecule has 1 aliphatic rings. The van der Waals surface area contributed by atoms with Crippen LogP contribution in [0.3, 0.4) is 0 Å². The number of aromatic nitrogens is 2. The molecule has 6 heteroatoms. The van der Waals surface area contributed by atoms with Crippen molar-refractivity contribution in [2.75, 3.05) is 19.7 Å². The standard InChI is InChI=1S/C17H20FN3O2/c1-12-16(17(23)20-8-2-3-13(10-20)11-22)9-19-21(12)15-6-4-14(18)5-7-15/h4-7,9,13,22H,2-3,8,10-11H2,1H3. The first kappa shape index (κ1) is 15.7. The van der Waals surface area contributed by atoms with Crippen molar-refractivity contribution in [3.05, 3.63) is 47.5 Å². The van der Waals surface area contributed by atoms with Gasteiger partial charge in [-0.15, -0.1) is 0 Å². The lowest BCUT2D eigenvalue weighted by atomic mass is 9.98. The summed E-state index contributed by atoms with van der Waals surface area (Å²) in [6.07, 6.45) is 3.42. The van der Waals surface area contributed by atoms with Crippen molar-refractivity contribution in [2.24, 2.45) is 5.92 Å². The summed E-state index contributed by atoms with van der Waals surface area (Å²) >= 11 is 0. The minimum Gasteiger partial charge on any atom is -0.396 e. The molecule has 1 aliphatic heterocycles. The number of aliphatic hydroxyl groups is 1. The van der Waals surface area contributed by atoms with Gasteiger partial charge in [0.15, 0.2) is 0 Å². The SMILES string of the molecule is Cc1c(C(=O)N2CCCC(CO)C2)cnn1-c1ccc(F)cc1. The van der Waals surface area contributed by atoms with Gasteiger partial charge >= 0.3 is 0 Å². The van der Waals surface area contributed by atoms with Gasteiger partial charge in [0, 0.05) is 19.7 Å². The number of piperidine rings is 1. The van der Waals surface area contributed by atoms with E-state index in [2.05, 4.69) is 5.10 Å². The highest BCUT2D eigenvalue weighted by molar-refractivity contribution is 5.95. The van der Waals surface area contributed by atoms with Crippen LogP contribution in [0, 0.1) is 18.7 Å². The van der Waals surface area contributed by atoms with Crippen molar-refractivity contribution in [3.63, 3.8) is 0 Å². The van der Waals surface area contributed by atoms with E-state index in [1.807, 2.05) is 6.92 Å². The zero-order chi connectivity index (χ0) is 16.4. The second-order valence-electron chi connectivity index (χ2n) is 5.97. The van der Waals surface area contributed by atoms with Crippen LogP contribution in [-0.4, -0.2) is 45.4 Å². The molecule has 1 aromatic carbocycles. The molecule has 23 heavy (non-hydrogen) atoms. The lowest BCUT2D eigenvalue weighted by Crippen LogP contribution is -2.41. The van der Waals surface area contributed by atoms with E-state index in [4.69, 9.17) is 0 Å². The van der Waals surface area contributed by atoms with Crippen molar-refractivity contribution >= 4 is 5.91 Å². The van der Waals surface area contributed by atoms with Gasteiger partial charge in [-0.05, 0) is 49.9 Å². The summed E-state index contributed by atoms with van der Waals surface area (Å²) < 4.78 is 14.7. The number of hydrogen-bond acceptors (Lipinski definition) is 3. The van der Waals surface area contributed by atoms with Gasteiger partial charge in [-0.3, -0.25) is 4.79 Å². The van der Waals surface area contributed by atoms with Crippen LogP contribution in [0.5, 0.6) is 0 Å². The van der Waals surface area contributed by atoms with Gasteiger partial charge in [-0.25, -0.2) is 9.07 Å². The largest absolute Gasteiger partial charge is 0.396 e. The smallest absolute Gasteiger partial charge is 0.257 e. The van der Waals surface area contributed by atoms with Gasteiger partial charge in [0.1, 0.15) is 5.82 Å². The molecule has 2 aromatic rings. The van der Waals surface area contributed by atoms with E-state index >= 15 is 0 Å². The summed E-state index contributed by atoms with van der Waals surface area (Å²) in [4.78, 5) is 14.5. The molecule has 0 bridgehead atoms. The van der Waals surface area contributed by atoms with E-state index in [1.54, 1.807) is 27.9 Å². The monoisotopic (exact) mass is 317 g/mol. The third-order valence-corrected chi connectivity index (χ3v) is 4.38. The van der Waals surface area contributed by atoms with Crippen LogP contribution in [0.2, 0.25) is 0 Å². The topological polar surface area (TPSA) is 58.4 Å². The van der Waals surface area contributed by atoms with E-state index in [-0.39, 0.29) is 24.2 Å². The fourth-order valence-electron chi connectivity index (χ4n) is 3.03. The molecule has 0 radical (unpaired) electrons. The Labute approximate surface area is 134 Å². The van der Waals surface area contributed by atoms with Crippen LogP contribution in [0.1, 0.15) is 28.9 Å². The normalized spacial score (nSPS) is 18.2. The number of halogens is 1. The fourth-order valence-corrected chi connectivity index (χ4v) is 3.03. The molecule has 0 spiro atoms. The van der Waals surface area contributed by atoms with Gasteiger partial charge < -0.3 is 10.0 Å². The maximum atomic E-state index is 13.0. The summed E-state index contributed by atoms with van der Waals surface area (Å²) in [5, 5.41) is 13.6. The minimum atomic E-state index is -0.307. The highest BCUT2D eigenvalue weighted by Gasteiger charge is 2.26. The number of hydrogen-bond donors (Lipinski definition) is 1. The van der Waals surface area contributed by atoms with Crippen molar-refractivity contribution < 1.29 is 14.3 Å². The lowest BCUT2D eigenvalue weighted by molar-refractivity contribution is 0.0620. The summed E-state index contributed by atoms with van der Waals surface area (Å²) in [5.74, 6) is -0.215. The van der Waals surface area contributed by atoms with Gasteiger partial charge in [-0.1, -0.05) is 0 Å². The third-order valence-electron chi connectivity index (χ3n) is 4.38. The first-order chi connectivity index (χ1) is 11.1. The number of carbonyl (C=O) groups excluding carboxylic acids is 1. The number of amides is 1. The van der Waals surface area contributed by atoms with E-state index in [9.17, 15) is 14.3 Å². The highest BCUT2D eigenvalue weighted by atomic mass is 19.1. The Hall–Kier alpha value is -2.21. The molecule has 1 saturated heterocycles. The number of likely N-dealkylation sites (tertiary alicyclic amines) is 1. The Balaban J connectivity index is 1.83. The Bertz CT molecular complexity index is 696. The number of nitrogens with zero attached hydrogens (tertiary/aromatic N) is 3. The molecule has 2 heterocycles. The molecular weight excluding hydrogens is 297 g/mol. The van der Waals surface area contributed by atoms with E-state index < -0.39 is 0 Å². The van der Waals surface area contributed by atoms with E-state index in [0.29, 0.717) is 18.7 Å². The summed E-state index contributed by atoms with van der Waals surface area (Å²) in [6, 6.07) is 6.00. The van der Waals surface area contributed by atoms with E-state index in [1.165, 1.54) is 12.1 Å². The Kier molecular flexibility index (Phi) is 4.43. The Morgan fingerprint density at radius 3 is 2.83 bits per heavy atom. The first-order valence-electron chi connectivity index (χ1n) is 7.81. The van der Waals surface area contributed by atoms with Crippen LogP contribution < -0.4 is 0 Å². The predicted octanol–water partition coefficient (Wildman–Crippen LogP) is 2.16. The molecule has 0 saturated carbocycles. The molecule has 5 nitrogen and oxygen atoms in total. The summed E-state index contributed by atoms with van der Waals surface area (Å²) in [7, 11) is 0. The van der Waals surface area contributed by atoms with Crippen molar-refractivity contribution in [1.29, 1.82) is 0 Å². The highest BCUT2D eigenvalue weighted by Crippen LogP contribution is 2.21. The molecule has 1 amide bonds. The maximum Gasteiger partial charge on any atom is 0.257 e. The predicted molar refractivity (Wildman–Crippen MR) is 84.0 cm³/mol. The van der Waals surface area contributed by atoms with Gasteiger partial charge in [-0.2, -0.15) is 5.10 Å². The van der Waals surface area contributed by atoms with Crippen LogP contribution in [-0.2, 0) is 0 Å². The molecule has 0 aliphatic carbocycles. The molecule has 1 fully saturated rings. The molecule has 1 N–H and O–H groups in total. The van der Waals surface area contributed by atoms with Crippen molar-refractivity contribution in [2.45, 2.75) is 19.8 Å². The number of rotatable bonds is 3. The molecule has 122 valence electrons. The third kappa shape index (κ3) is 3.12. The molecule has 1 unspecified atom stereocenters. The average molecular weight is 317 g/mol. The van der Waals surface area contributed by atoms with Gasteiger partial charge in [0.25, 0.3) is 5.91 Å². The van der Waals surface area contributed by atoms with Gasteiger partial charge in [0.05, 0.1) is 23.1 Å². The average Bonchev–Trinajstić information content (AvgIpc) is 2.96. The van der Waals surface area contributed by atoms with Crippen LogP contribution >= 0.6 is 0 Å². The fraction of sp³-hybridized carbons (Fsp3) is 0.412. The van der Waals surface area contributed by atoms with Crippen molar-refractivity contribution in [3.8, 4) is 5.69 Å². The molecular formula is C17H20FN3O2. The van der Waals surface area contributed by atoms with Crippen LogP contribution in [0.25, 0.3) is 5.69 Å². The summed E-state index contributed by atoms with van der Waals surface area (Å²) in [5.41, 5.74) is 2.00. The zero-order valence-electron chi connectivity index (χ0n) is 13.1.